The zero-order chi connectivity index (χ0) is 8.97. The highest BCUT2D eigenvalue weighted by molar-refractivity contribution is 5.28. The van der Waals surface area contributed by atoms with E-state index in [0.29, 0.717) is 0 Å². The average molecular weight is 166 g/mol. The fourth-order valence-electron chi connectivity index (χ4n) is 1.52. The largest absolute Gasteiger partial charge is 0.365 e. The van der Waals surface area contributed by atoms with E-state index >= 15 is 0 Å². The Morgan fingerprint density at radius 2 is 2.08 bits per heavy atom. The number of aryl methyl sites for hydroxylation is 2. The summed E-state index contributed by atoms with van der Waals surface area (Å²) in [4.78, 5) is 3.23. The van der Waals surface area contributed by atoms with Gasteiger partial charge in [-0.2, -0.15) is 0 Å². The first-order chi connectivity index (χ1) is 5.75. The Balaban J connectivity index is 2.50. The van der Waals surface area contributed by atoms with Gasteiger partial charge < -0.3 is 10.7 Å². The Kier molecular flexibility index (Phi) is 3.35. The normalized spacial score (nSPS) is 10.6. The molecule has 0 fully saturated rings. The van der Waals surface area contributed by atoms with E-state index in [4.69, 9.17) is 5.73 Å². The van der Waals surface area contributed by atoms with E-state index in [1.54, 1.807) is 0 Å². The molecule has 1 aromatic heterocycles. The molecule has 0 saturated carbocycles. The van der Waals surface area contributed by atoms with Crippen molar-refractivity contribution < 1.29 is 0 Å². The highest BCUT2D eigenvalue weighted by Gasteiger charge is 2.02. The van der Waals surface area contributed by atoms with Crippen LogP contribution in [0, 0.1) is 13.8 Å². The van der Waals surface area contributed by atoms with Gasteiger partial charge in [-0.3, -0.25) is 0 Å². The van der Waals surface area contributed by atoms with Crippen LogP contribution in [0.2, 0.25) is 0 Å². The highest BCUT2D eigenvalue weighted by atomic mass is 14.7. The molecule has 1 aromatic rings. The standard InChI is InChI=1S/C10H18N2/c1-8-7-12-9(2)10(8)5-3-4-6-11/h7,12H,3-6,11H2,1-2H3. The summed E-state index contributed by atoms with van der Waals surface area (Å²) in [6.07, 6.45) is 5.57. The molecule has 0 amide bonds. The van der Waals surface area contributed by atoms with Crippen LogP contribution < -0.4 is 5.73 Å². The third-order valence-electron chi connectivity index (χ3n) is 2.31. The lowest BCUT2D eigenvalue weighted by Gasteiger charge is -2.00. The summed E-state index contributed by atoms with van der Waals surface area (Å²) in [5.41, 5.74) is 9.60. The second-order valence-electron chi connectivity index (χ2n) is 3.32. The lowest BCUT2D eigenvalue weighted by atomic mass is 10.1. The summed E-state index contributed by atoms with van der Waals surface area (Å²) in [7, 11) is 0. The Morgan fingerprint density at radius 3 is 2.58 bits per heavy atom. The molecule has 0 aliphatic rings. The van der Waals surface area contributed by atoms with E-state index in [-0.39, 0.29) is 0 Å². The van der Waals surface area contributed by atoms with E-state index in [1.807, 2.05) is 0 Å². The number of nitrogens with two attached hydrogens (primary N) is 1. The van der Waals surface area contributed by atoms with Gasteiger partial charge in [0.15, 0.2) is 0 Å². The average Bonchev–Trinajstić information content (AvgIpc) is 2.35. The fourth-order valence-corrected chi connectivity index (χ4v) is 1.52. The molecule has 0 aliphatic heterocycles. The minimum absolute atomic E-state index is 0.808. The van der Waals surface area contributed by atoms with E-state index in [2.05, 4.69) is 25.0 Å². The summed E-state index contributed by atoms with van der Waals surface area (Å²) in [6, 6.07) is 0. The van der Waals surface area contributed by atoms with Crippen LogP contribution in [0.25, 0.3) is 0 Å². The van der Waals surface area contributed by atoms with Gasteiger partial charge in [0.1, 0.15) is 0 Å². The second-order valence-corrected chi connectivity index (χ2v) is 3.32. The topological polar surface area (TPSA) is 41.8 Å². The quantitative estimate of drug-likeness (QED) is 0.659. The molecule has 0 saturated heterocycles. The zero-order valence-electron chi connectivity index (χ0n) is 7.98. The number of aromatic amines is 1. The summed E-state index contributed by atoms with van der Waals surface area (Å²) in [6.45, 7) is 5.09. The molecule has 0 spiro atoms. The van der Waals surface area contributed by atoms with Crippen LogP contribution in [0.15, 0.2) is 6.20 Å². The zero-order valence-corrected chi connectivity index (χ0v) is 7.98. The SMILES string of the molecule is Cc1c[nH]c(C)c1CCCCN. The van der Waals surface area contributed by atoms with Crippen LogP contribution in [0.3, 0.4) is 0 Å². The van der Waals surface area contributed by atoms with Crippen LogP contribution in [-0.2, 0) is 6.42 Å². The minimum atomic E-state index is 0.808. The van der Waals surface area contributed by atoms with Gasteiger partial charge in [0.25, 0.3) is 0 Å². The molecule has 0 unspecified atom stereocenters. The summed E-state index contributed by atoms with van der Waals surface area (Å²) >= 11 is 0. The van der Waals surface area contributed by atoms with Crippen molar-refractivity contribution in [1.29, 1.82) is 0 Å². The number of aromatic nitrogens is 1. The number of H-pyrrole nitrogens is 1. The van der Waals surface area contributed by atoms with Crippen LogP contribution in [0.4, 0.5) is 0 Å². The van der Waals surface area contributed by atoms with Gasteiger partial charge in [-0.1, -0.05) is 0 Å². The second kappa shape index (κ2) is 4.31. The maximum absolute atomic E-state index is 5.44. The first-order valence-electron chi connectivity index (χ1n) is 4.59. The number of hydrogen-bond donors (Lipinski definition) is 2. The molecule has 0 aliphatic carbocycles. The van der Waals surface area contributed by atoms with Gasteiger partial charge in [-0.15, -0.1) is 0 Å². The van der Waals surface area contributed by atoms with Gasteiger partial charge in [0, 0.05) is 11.9 Å². The van der Waals surface area contributed by atoms with Gasteiger partial charge in [0.05, 0.1) is 0 Å². The van der Waals surface area contributed by atoms with Crippen molar-refractivity contribution in [3.63, 3.8) is 0 Å². The Hall–Kier alpha value is -0.760. The van der Waals surface area contributed by atoms with Crippen molar-refractivity contribution in [2.24, 2.45) is 5.73 Å². The van der Waals surface area contributed by atoms with Crippen molar-refractivity contribution in [3.8, 4) is 0 Å². The Bertz CT molecular complexity index is 218. The monoisotopic (exact) mass is 166 g/mol. The number of rotatable bonds is 4. The molecule has 0 aromatic carbocycles. The van der Waals surface area contributed by atoms with Gasteiger partial charge >= 0.3 is 0 Å². The van der Waals surface area contributed by atoms with Crippen molar-refractivity contribution in [2.45, 2.75) is 33.1 Å². The van der Waals surface area contributed by atoms with Gasteiger partial charge in [0.2, 0.25) is 0 Å². The molecule has 0 bridgehead atoms. The molecule has 3 N–H and O–H groups in total. The van der Waals surface area contributed by atoms with Crippen LogP contribution >= 0.6 is 0 Å². The third-order valence-corrected chi connectivity index (χ3v) is 2.31. The molecular weight excluding hydrogens is 148 g/mol. The maximum atomic E-state index is 5.44. The van der Waals surface area contributed by atoms with E-state index in [0.717, 1.165) is 13.0 Å². The molecule has 0 radical (unpaired) electrons. The van der Waals surface area contributed by atoms with E-state index in [1.165, 1.54) is 29.7 Å². The molecule has 1 rings (SSSR count). The van der Waals surface area contributed by atoms with Gasteiger partial charge in [-0.05, 0) is 50.8 Å². The van der Waals surface area contributed by atoms with E-state index in [9.17, 15) is 0 Å². The Morgan fingerprint density at radius 1 is 1.33 bits per heavy atom. The maximum Gasteiger partial charge on any atom is 0.0150 e. The highest BCUT2D eigenvalue weighted by Crippen LogP contribution is 2.14. The minimum Gasteiger partial charge on any atom is -0.365 e. The lowest BCUT2D eigenvalue weighted by molar-refractivity contribution is 0.740. The van der Waals surface area contributed by atoms with Crippen molar-refractivity contribution in [3.05, 3.63) is 23.0 Å². The van der Waals surface area contributed by atoms with Crippen LogP contribution in [0.1, 0.15) is 29.7 Å². The van der Waals surface area contributed by atoms with Crippen LogP contribution in [0.5, 0.6) is 0 Å². The molecular formula is C10H18N2. The van der Waals surface area contributed by atoms with Crippen molar-refractivity contribution >= 4 is 0 Å². The molecule has 68 valence electrons. The summed E-state index contributed by atoms with van der Waals surface area (Å²) in [5.74, 6) is 0. The van der Waals surface area contributed by atoms with Crippen LogP contribution in [-0.4, -0.2) is 11.5 Å². The van der Waals surface area contributed by atoms with Crippen molar-refractivity contribution in [1.82, 2.24) is 4.98 Å². The first kappa shape index (κ1) is 9.33. The predicted octanol–water partition coefficient (Wildman–Crippen LogP) is 1.91. The smallest absolute Gasteiger partial charge is 0.0150 e. The summed E-state index contributed by atoms with van der Waals surface area (Å²) in [5, 5.41) is 0. The molecule has 2 heteroatoms. The molecule has 1 heterocycles. The Labute approximate surface area is 74.2 Å². The van der Waals surface area contributed by atoms with E-state index < -0.39 is 0 Å². The van der Waals surface area contributed by atoms with Crippen molar-refractivity contribution in [2.75, 3.05) is 6.54 Å². The fraction of sp³-hybridized carbons (Fsp3) is 0.600. The number of hydrogen-bond acceptors (Lipinski definition) is 1. The predicted molar refractivity (Wildman–Crippen MR) is 52.3 cm³/mol. The molecule has 2 nitrogen and oxygen atoms in total. The summed E-state index contributed by atoms with van der Waals surface area (Å²) < 4.78 is 0. The lowest BCUT2D eigenvalue weighted by Crippen LogP contribution is -1.99. The molecule has 12 heavy (non-hydrogen) atoms. The first-order valence-corrected chi connectivity index (χ1v) is 4.59. The molecule has 0 atom stereocenters. The number of nitrogens with one attached hydrogen (secondary N) is 1. The van der Waals surface area contributed by atoms with Gasteiger partial charge in [-0.25, -0.2) is 0 Å². The third kappa shape index (κ3) is 2.11. The number of unbranched alkanes of at least 4 members (excludes halogenated alkanes) is 1.